The fourth-order valence-corrected chi connectivity index (χ4v) is 1.31. The van der Waals surface area contributed by atoms with Crippen molar-refractivity contribution in [2.24, 2.45) is 0 Å². The van der Waals surface area contributed by atoms with Crippen LogP contribution in [0.15, 0.2) is 11.6 Å². The summed E-state index contributed by atoms with van der Waals surface area (Å²) in [7, 11) is 2.05. The van der Waals surface area contributed by atoms with Crippen LogP contribution in [-0.2, 0) is 9.53 Å². The second kappa shape index (κ2) is 4.26. The number of esters is 1. The second-order valence-electron chi connectivity index (χ2n) is 3.04. The van der Waals surface area contributed by atoms with Crippen LogP contribution in [0.5, 0.6) is 0 Å². The molecule has 0 unspecified atom stereocenters. The Hall–Kier alpha value is -0.830. The predicted molar refractivity (Wildman–Crippen MR) is 46.8 cm³/mol. The van der Waals surface area contributed by atoms with Crippen molar-refractivity contribution >= 4 is 5.97 Å². The molecule has 0 atom stereocenters. The largest absolute Gasteiger partial charge is 0.463 e. The van der Waals surface area contributed by atoms with Crippen LogP contribution >= 0.6 is 0 Å². The summed E-state index contributed by atoms with van der Waals surface area (Å²) in [5.74, 6) is -0.206. The van der Waals surface area contributed by atoms with Crippen LogP contribution < -0.4 is 0 Å². The van der Waals surface area contributed by atoms with Crippen molar-refractivity contribution in [1.29, 1.82) is 0 Å². The number of nitrogens with zero attached hydrogens (tertiary/aromatic N) is 1. The van der Waals surface area contributed by atoms with Crippen LogP contribution in [0.1, 0.15) is 13.3 Å². The highest BCUT2D eigenvalue weighted by molar-refractivity contribution is 5.82. The highest BCUT2D eigenvalue weighted by Gasteiger charge is 2.13. The SMILES string of the molecule is CCOC(=O)/C=C1/CCN(C)C1. The van der Waals surface area contributed by atoms with Gasteiger partial charge in [-0.05, 0) is 26.0 Å². The maximum atomic E-state index is 11.0. The minimum Gasteiger partial charge on any atom is -0.463 e. The van der Waals surface area contributed by atoms with Gasteiger partial charge >= 0.3 is 5.97 Å². The lowest BCUT2D eigenvalue weighted by atomic mass is 10.2. The molecule has 1 saturated heterocycles. The molecule has 0 aromatic rings. The maximum absolute atomic E-state index is 11.0. The van der Waals surface area contributed by atoms with Crippen molar-refractivity contribution in [3.8, 4) is 0 Å². The van der Waals surface area contributed by atoms with E-state index in [4.69, 9.17) is 4.74 Å². The number of likely N-dealkylation sites (tertiary alicyclic amines) is 1. The summed E-state index contributed by atoms with van der Waals surface area (Å²) in [6.45, 7) is 4.22. The third-order valence-corrected chi connectivity index (χ3v) is 1.90. The molecule has 0 aliphatic carbocycles. The molecule has 0 spiro atoms. The molecule has 1 rings (SSSR count). The number of carbonyl (C=O) groups excluding carboxylic acids is 1. The average Bonchev–Trinajstić information content (AvgIpc) is 2.36. The van der Waals surface area contributed by atoms with E-state index >= 15 is 0 Å². The Morgan fingerprint density at radius 2 is 2.50 bits per heavy atom. The summed E-state index contributed by atoms with van der Waals surface area (Å²) >= 11 is 0. The minimum absolute atomic E-state index is 0.206. The molecular weight excluding hydrogens is 154 g/mol. The molecule has 0 aromatic carbocycles. The zero-order valence-corrected chi connectivity index (χ0v) is 7.67. The fraction of sp³-hybridized carbons (Fsp3) is 0.667. The fourth-order valence-electron chi connectivity index (χ4n) is 1.31. The molecule has 0 radical (unpaired) electrons. The van der Waals surface area contributed by atoms with Crippen molar-refractivity contribution in [2.75, 3.05) is 26.7 Å². The van der Waals surface area contributed by atoms with Gasteiger partial charge < -0.3 is 9.64 Å². The van der Waals surface area contributed by atoms with E-state index in [0.717, 1.165) is 19.5 Å². The molecule has 1 fully saturated rings. The Balaban J connectivity index is 2.41. The van der Waals surface area contributed by atoms with Crippen LogP contribution in [0.2, 0.25) is 0 Å². The Labute approximate surface area is 73.0 Å². The number of hydrogen-bond acceptors (Lipinski definition) is 3. The smallest absolute Gasteiger partial charge is 0.330 e. The first-order chi connectivity index (χ1) is 5.72. The van der Waals surface area contributed by atoms with Crippen molar-refractivity contribution in [3.63, 3.8) is 0 Å². The Morgan fingerprint density at radius 3 is 3.00 bits per heavy atom. The predicted octanol–water partition coefficient (Wildman–Crippen LogP) is 0.811. The van der Waals surface area contributed by atoms with Gasteiger partial charge in [0.15, 0.2) is 0 Å². The van der Waals surface area contributed by atoms with Crippen LogP contribution in [0.3, 0.4) is 0 Å². The Morgan fingerprint density at radius 1 is 1.75 bits per heavy atom. The molecule has 3 nitrogen and oxygen atoms in total. The highest BCUT2D eigenvalue weighted by atomic mass is 16.5. The standard InChI is InChI=1S/C9H15NO2/c1-3-12-9(11)6-8-4-5-10(2)7-8/h6H,3-5,7H2,1-2H3/b8-6-. The molecule has 0 saturated carbocycles. The van der Waals surface area contributed by atoms with Crippen LogP contribution in [0.25, 0.3) is 0 Å². The van der Waals surface area contributed by atoms with Crippen LogP contribution in [0, 0.1) is 0 Å². The van der Waals surface area contributed by atoms with Gasteiger partial charge in [-0.3, -0.25) is 0 Å². The van der Waals surface area contributed by atoms with Gasteiger partial charge in [0, 0.05) is 19.2 Å². The van der Waals surface area contributed by atoms with Crippen LogP contribution in [-0.4, -0.2) is 37.6 Å². The van der Waals surface area contributed by atoms with Gasteiger partial charge in [-0.25, -0.2) is 4.79 Å². The lowest BCUT2D eigenvalue weighted by molar-refractivity contribution is -0.137. The van der Waals surface area contributed by atoms with E-state index in [-0.39, 0.29) is 5.97 Å². The monoisotopic (exact) mass is 169 g/mol. The first-order valence-corrected chi connectivity index (χ1v) is 4.27. The summed E-state index contributed by atoms with van der Waals surface area (Å²) in [5.41, 5.74) is 1.18. The summed E-state index contributed by atoms with van der Waals surface area (Å²) in [5, 5.41) is 0. The number of ether oxygens (including phenoxy) is 1. The van der Waals surface area contributed by atoms with Crippen molar-refractivity contribution < 1.29 is 9.53 Å². The summed E-state index contributed by atoms with van der Waals surface area (Å²) in [6.07, 6.45) is 2.61. The lowest BCUT2D eigenvalue weighted by Crippen LogP contribution is -2.11. The number of hydrogen-bond donors (Lipinski definition) is 0. The Kier molecular flexibility index (Phi) is 3.29. The Bertz CT molecular complexity index is 199. The molecule has 1 heterocycles. The van der Waals surface area contributed by atoms with Crippen molar-refractivity contribution in [3.05, 3.63) is 11.6 Å². The molecule has 68 valence electrons. The van der Waals surface area contributed by atoms with Gasteiger partial charge in [0.25, 0.3) is 0 Å². The van der Waals surface area contributed by atoms with Gasteiger partial charge in [-0.1, -0.05) is 0 Å². The molecular formula is C9H15NO2. The first kappa shape index (κ1) is 9.26. The van der Waals surface area contributed by atoms with Crippen molar-refractivity contribution in [1.82, 2.24) is 4.90 Å². The summed E-state index contributed by atoms with van der Waals surface area (Å²) < 4.78 is 4.81. The third-order valence-electron chi connectivity index (χ3n) is 1.90. The van der Waals surface area contributed by atoms with Gasteiger partial charge in [0.1, 0.15) is 0 Å². The van der Waals surface area contributed by atoms with Gasteiger partial charge in [-0.15, -0.1) is 0 Å². The summed E-state index contributed by atoms with van der Waals surface area (Å²) in [6, 6.07) is 0. The van der Waals surface area contributed by atoms with Gasteiger partial charge in [-0.2, -0.15) is 0 Å². The highest BCUT2D eigenvalue weighted by Crippen LogP contribution is 2.12. The van der Waals surface area contributed by atoms with Gasteiger partial charge in [0.05, 0.1) is 6.61 Å². The first-order valence-electron chi connectivity index (χ1n) is 4.27. The molecule has 1 aliphatic rings. The lowest BCUT2D eigenvalue weighted by Gasteiger charge is -2.02. The zero-order chi connectivity index (χ0) is 8.97. The van der Waals surface area contributed by atoms with E-state index in [0.29, 0.717) is 6.61 Å². The number of rotatable bonds is 2. The molecule has 0 aromatic heterocycles. The average molecular weight is 169 g/mol. The minimum atomic E-state index is -0.206. The van der Waals surface area contributed by atoms with E-state index in [1.54, 1.807) is 6.08 Å². The van der Waals surface area contributed by atoms with E-state index < -0.39 is 0 Å². The van der Waals surface area contributed by atoms with Crippen molar-refractivity contribution in [2.45, 2.75) is 13.3 Å². The third kappa shape index (κ3) is 2.66. The summed E-state index contributed by atoms with van der Waals surface area (Å²) in [4.78, 5) is 13.2. The van der Waals surface area contributed by atoms with Crippen LogP contribution in [0.4, 0.5) is 0 Å². The molecule has 3 heteroatoms. The van der Waals surface area contributed by atoms with Gasteiger partial charge in [0.2, 0.25) is 0 Å². The van der Waals surface area contributed by atoms with E-state index in [1.807, 2.05) is 14.0 Å². The zero-order valence-electron chi connectivity index (χ0n) is 7.67. The maximum Gasteiger partial charge on any atom is 0.330 e. The van der Waals surface area contributed by atoms with E-state index in [9.17, 15) is 4.79 Å². The molecule has 0 amide bonds. The molecule has 0 N–H and O–H groups in total. The quantitative estimate of drug-likeness (QED) is 0.452. The number of likely N-dealkylation sites (N-methyl/N-ethyl adjacent to an activating group) is 1. The van der Waals surface area contributed by atoms with E-state index in [1.165, 1.54) is 5.57 Å². The second-order valence-corrected chi connectivity index (χ2v) is 3.04. The molecule has 1 aliphatic heterocycles. The topological polar surface area (TPSA) is 29.5 Å². The van der Waals surface area contributed by atoms with E-state index in [2.05, 4.69) is 4.90 Å². The normalized spacial score (nSPS) is 21.7. The molecule has 0 bridgehead atoms. The number of carbonyl (C=O) groups is 1. The molecule has 12 heavy (non-hydrogen) atoms.